The third-order valence-corrected chi connectivity index (χ3v) is 0.800. The first-order valence-electron chi connectivity index (χ1n) is 1.95. The molecular formula is C3H7NO3S. The van der Waals surface area contributed by atoms with E-state index in [4.69, 9.17) is 5.26 Å². The van der Waals surface area contributed by atoms with E-state index in [0.717, 1.165) is 12.0 Å². The minimum Gasteiger partial charge on any atom is -0.345 e. The maximum absolute atomic E-state index is 10.1. The summed E-state index contributed by atoms with van der Waals surface area (Å²) in [7, 11) is 0. The van der Waals surface area contributed by atoms with E-state index in [1.165, 1.54) is 6.92 Å². The normalized spacial score (nSPS) is 8.75. The predicted molar refractivity (Wildman–Crippen MR) is 30.0 cm³/mol. The van der Waals surface area contributed by atoms with Gasteiger partial charge in [-0.3, -0.25) is 4.79 Å². The van der Waals surface area contributed by atoms with E-state index in [0.29, 0.717) is 0 Å². The summed E-state index contributed by atoms with van der Waals surface area (Å²) >= 11 is 0.760. The Morgan fingerprint density at radius 2 is 2.62 bits per heavy atom. The van der Waals surface area contributed by atoms with Gasteiger partial charge in [0.25, 0.3) is 0 Å². The van der Waals surface area contributed by atoms with Crippen LogP contribution in [0.2, 0.25) is 0 Å². The summed E-state index contributed by atoms with van der Waals surface area (Å²) in [6.07, 6.45) is 0. The molecule has 0 saturated carbocycles. The number of nitrogens with one attached hydrogen (secondary N) is 1. The standard InChI is InChI=1S/C3H7NO3S/c1-3(5)4-2-8-7-6/h6H,2H2,1H3,(H,4,5). The third kappa shape index (κ3) is 5.74. The molecule has 1 amide bonds. The lowest BCUT2D eigenvalue weighted by Gasteiger charge is -1.94. The van der Waals surface area contributed by atoms with Crippen molar-refractivity contribution in [3.05, 3.63) is 0 Å². The Balaban J connectivity index is 2.82. The van der Waals surface area contributed by atoms with Gasteiger partial charge in [-0.25, -0.2) is 5.26 Å². The number of hydrogen-bond acceptors (Lipinski definition) is 4. The fraction of sp³-hybridized carbons (Fsp3) is 0.667. The van der Waals surface area contributed by atoms with Crippen molar-refractivity contribution in [3.8, 4) is 0 Å². The molecule has 0 radical (unpaired) electrons. The molecule has 2 N–H and O–H groups in total. The van der Waals surface area contributed by atoms with Crippen molar-refractivity contribution in [2.45, 2.75) is 6.92 Å². The largest absolute Gasteiger partial charge is 0.345 e. The van der Waals surface area contributed by atoms with Crippen molar-refractivity contribution in [2.24, 2.45) is 0 Å². The molecular weight excluding hydrogens is 130 g/mol. The zero-order chi connectivity index (χ0) is 6.41. The predicted octanol–water partition coefficient (Wildman–Crippen LogP) is 0.218. The van der Waals surface area contributed by atoms with Gasteiger partial charge in [-0.05, 0) is 0 Å². The van der Waals surface area contributed by atoms with Gasteiger partial charge in [-0.2, -0.15) is 4.33 Å². The Hall–Kier alpha value is -0.260. The number of carbonyl (C=O) groups is 1. The number of amides is 1. The molecule has 0 aromatic carbocycles. The topological polar surface area (TPSA) is 58.6 Å². The van der Waals surface area contributed by atoms with Gasteiger partial charge in [0.1, 0.15) is 0 Å². The highest BCUT2D eigenvalue weighted by Gasteiger charge is 1.87. The van der Waals surface area contributed by atoms with E-state index in [1.807, 2.05) is 0 Å². The van der Waals surface area contributed by atoms with E-state index in [1.54, 1.807) is 0 Å². The second-order valence-corrected chi connectivity index (χ2v) is 1.74. The van der Waals surface area contributed by atoms with Gasteiger partial charge in [0.2, 0.25) is 5.91 Å². The lowest BCUT2D eigenvalue weighted by molar-refractivity contribution is -0.120. The van der Waals surface area contributed by atoms with Crippen LogP contribution in [-0.2, 0) is 9.13 Å². The van der Waals surface area contributed by atoms with Gasteiger partial charge in [0, 0.05) is 6.92 Å². The first-order chi connectivity index (χ1) is 3.77. The first-order valence-corrected chi connectivity index (χ1v) is 2.86. The fourth-order valence-corrected chi connectivity index (χ4v) is 0.472. The highest BCUT2D eigenvalue weighted by molar-refractivity contribution is 7.94. The van der Waals surface area contributed by atoms with Gasteiger partial charge in [0.15, 0.2) is 0 Å². The molecule has 0 aromatic heterocycles. The lowest BCUT2D eigenvalue weighted by Crippen LogP contribution is -2.18. The third-order valence-electron chi connectivity index (χ3n) is 0.433. The Kier molecular flexibility index (Phi) is 4.73. The zero-order valence-electron chi connectivity index (χ0n) is 4.38. The van der Waals surface area contributed by atoms with Crippen LogP contribution in [-0.4, -0.2) is 17.0 Å². The summed E-state index contributed by atoms with van der Waals surface area (Å²) in [5.41, 5.74) is 0. The summed E-state index contributed by atoms with van der Waals surface area (Å²) in [5.74, 6) is 0.126. The number of rotatable bonds is 3. The van der Waals surface area contributed by atoms with Gasteiger partial charge in [0.05, 0.1) is 17.9 Å². The Morgan fingerprint density at radius 1 is 2.00 bits per heavy atom. The lowest BCUT2D eigenvalue weighted by atomic mass is 10.7. The molecule has 0 aliphatic carbocycles. The van der Waals surface area contributed by atoms with Crippen LogP contribution in [0.3, 0.4) is 0 Å². The van der Waals surface area contributed by atoms with E-state index in [9.17, 15) is 4.79 Å². The average molecular weight is 137 g/mol. The van der Waals surface area contributed by atoms with Crippen LogP contribution >= 0.6 is 12.0 Å². The Labute approximate surface area is 51.3 Å². The van der Waals surface area contributed by atoms with Crippen LogP contribution in [0.25, 0.3) is 0 Å². The van der Waals surface area contributed by atoms with Crippen molar-refractivity contribution < 1.29 is 14.4 Å². The van der Waals surface area contributed by atoms with Crippen molar-refractivity contribution in [1.29, 1.82) is 0 Å². The SMILES string of the molecule is CC(=O)NCSOO. The van der Waals surface area contributed by atoms with Gasteiger partial charge in [-0.1, -0.05) is 0 Å². The van der Waals surface area contributed by atoms with Crippen LogP contribution in [0, 0.1) is 0 Å². The second kappa shape index (κ2) is 4.89. The molecule has 0 atom stereocenters. The number of hydrogen-bond donors (Lipinski definition) is 2. The van der Waals surface area contributed by atoms with Gasteiger partial charge in [-0.15, -0.1) is 0 Å². The summed E-state index contributed by atoms with van der Waals surface area (Å²) in [6, 6.07) is 0. The highest BCUT2D eigenvalue weighted by Crippen LogP contribution is 1.92. The second-order valence-electron chi connectivity index (χ2n) is 1.07. The summed E-state index contributed by atoms with van der Waals surface area (Å²) in [6.45, 7) is 1.39. The van der Waals surface area contributed by atoms with Crippen LogP contribution in [0.4, 0.5) is 0 Å². The van der Waals surface area contributed by atoms with Crippen molar-refractivity contribution in [3.63, 3.8) is 0 Å². The molecule has 8 heavy (non-hydrogen) atoms. The minimum absolute atomic E-state index is 0.144. The van der Waals surface area contributed by atoms with E-state index < -0.39 is 0 Å². The van der Waals surface area contributed by atoms with E-state index in [2.05, 4.69) is 9.65 Å². The van der Waals surface area contributed by atoms with E-state index >= 15 is 0 Å². The van der Waals surface area contributed by atoms with Crippen LogP contribution in [0.1, 0.15) is 6.92 Å². The minimum atomic E-state index is -0.144. The zero-order valence-corrected chi connectivity index (χ0v) is 5.20. The molecule has 48 valence electrons. The molecule has 0 bridgehead atoms. The molecule has 0 aliphatic heterocycles. The Bertz CT molecular complexity index is 76.9. The molecule has 0 aromatic rings. The van der Waals surface area contributed by atoms with E-state index in [-0.39, 0.29) is 11.8 Å². The smallest absolute Gasteiger partial charge is 0.217 e. The van der Waals surface area contributed by atoms with Crippen molar-refractivity contribution in [1.82, 2.24) is 5.32 Å². The van der Waals surface area contributed by atoms with Gasteiger partial charge >= 0.3 is 0 Å². The summed E-state index contributed by atoms with van der Waals surface area (Å²) in [4.78, 5) is 10.1. The number of carbonyl (C=O) groups excluding carboxylic acids is 1. The monoisotopic (exact) mass is 137 g/mol. The highest BCUT2D eigenvalue weighted by atomic mass is 32.2. The van der Waals surface area contributed by atoms with Crippen LogP contribution in [0.15, 0.2) is 0 Å². The Morgan fingerprint density at radius 3 is 3.00 bits per heavy atom. The van der Waals surface area contributed by atoms with Gasteiger partial charge < -0.3 is 5.32 Å². The molecule has 0 aliphatic rings. The molecule has 0 spiro atoms. The van der Waals surface area contributed by atoms with Crippen molar-refractivity contribution in [2.75, 3.05) is 5.88 Å². The maximum atomic E-state index is 10.1. The molecule has 4 nitrogen and oxygen atoms in total. The fourth-order valence-electron chi connectivity index (χ4n) is 0.157. The summed E-state index contributed by atoms with van der Waals surface area (Å²) in [5, 5.41) is 10.1. The maximum Gasteiger partial charge on any atom is 0.217 e. The van der Waals surface area contributed by atoms with Crippen molar-refractivity contribution >= 4 is 17.9 Å². The molecule has 0 fully saturated rings. The quantitative estimate of drug-likeness (QED) is 0.192. The average Bonchev–Trinajstić information content (AvgIpc) is 1.66. The molecule has 0 heterocycles. The molecule has 0 rings (SSSR count). The molecule has 0 saturated heterocycles. The van der Waals surface area contributed by atoms with Crippen LogP contribution < -0.4 is 5.32 Å². The van der Waals surface area contributed by atoms with Crippen LogP contribution in [0.5, 0.6) is 0 Å². The molecule has 0 unspecified atom stereocenters. The summed E-state index contributed by atoms with van der Waals surface area (Å²) < 4.78 is 3.59. The molecule has 5 heteroatoms. The first kappa shape index (κ1) is 7.74.